The van der Waals surface area contributed by atoms with E-state index in [4.69, 9.17) is 0 Å². The van der Waals surface area contributed by atoms with E-state index < -0.39 is 20.0 Å². The molecule has 6 nitrogen and oxygen atoms in total. The maximum atomic E-state index is 13.0. The van der Waals surface area contributed by atoms with Crippen LogP contribution in [0.4, 0.5) is 11.4 Å². The summed E-state index contributed by atoms with van der Waals surface area (Å²) in [5, 5.41) is 0. The van der Waals surface area contributed by atoms with Gasteiger partial charge in [-0.05, 0) is 62.1 Å². The monoisotopic (exact) mass is 382 g/mol. The zero-order valence-electron chi connectivity index (χ0n) is 14.8. The average molecular weight is 383 g/mol. The second-order valence-electron chi connectivity index (χ2n) is 6.11. The highest BCUT2D eigenvalue weighted by molar-refractivity contribution is 7.93. The van der Waals surface area contributed by atoms with E-state index in [1.807, 2.05) is 19.9 Å². The van der Waals surface area contributed by atoms with Gasteiger partial charge < -0.3 is 0 Å². The van der Waals surface area contributed by atoms with Gasteiger partial charge >= 0.3 is 0 Å². The number of hydrogen-bond acceptors (Lipinski definition) is 4. The van der Waals surface area contributed by atoms with E-state index in [0.29, 0.717) is 11.1 Å². The molecular weight excluding hydrogens is 360 g/mol. The number of rotatable bonds is 5. The average Bonchev–Trinajstić information content (AvgIpc) is 2.45. The van der Waals surface area contributed by atoms with Gasteiger partial charge in [0.05, 0.1) is 22.5 Å². The number of aryl methyl sites for hydroxylation is 2. The molecule has 0 aliphatic rings. The summed E-state index contributed by atoms with van der Waals surface area (Å²) in [6.07, 6.45) is 1.01. The van der Waals surface area contributed by atoms with Crippen molar-refractivity contribution < 1.29 is 16.8 Å². The van der Waals surface area contributed by atoms with Crippen molar-refractivity contribution in [3.63, 3.8) is 0 Å². The van der Waals surface area contributed by atoms with Crippen LogP contribution in [0.25, 0.3) is 0 Å². The zero-order valence-corrected chi connectivity index (χ0v) is 16.5. The summed E-state index contributed by atoms with van der Waals surface area (Å²) in [4.78, 5) is 0.221. The number of anilines is 2. The number of benzene rings is 2. The summed E-state index contributed by atoms with van der Waals surface area (Å²) in [5.74, 6) is 0. The summed E-state index contributed by atoms with van der Waals surface area (Å²) in [5.41, 5.74) is 3.45. The van der Waals surface area contributed by atoms with Crippen molar-refractivity contribution in [1.29, 1.82) is 0 Å². The highest BCUT2D eigenvalue weighted by Gasteiger charge is 2.23. The largest absolute Gasteiger partial charge is 0.282 e. The minimum absolute atomic E-state index is 0.172. The third kappa shape index (κ3) is 4.32. The van der Waals surface area contributed by atoms with Crippen LogP contribution in [0.5, 0.6) is 0 Å². The molecule has 0 aromatic heterocycles. The Labute approximate surface area is 149 Å². The first-order valence-corrected chi connectivity index (χ1v) is 11.0. The second kappa shape index (κ2) is 6.68. The van der Waals surface area contributed by atoms with Crippen LogP contribution in [0.2, 0.25) is 0 Å². The zero-order chi connectivity index (χ0) is 19.0. The molecule has 0 saturated carbocycles. The lowest BCUT2D eigenvalue weighted by atomic mass is 10.0. The molecular formula is C17H22N2O4S2. The second-order valence-corrected chi connectivity index (χ2v) is 9.48. The topological polar surface area (TPSA) is 92.3 Å². The third-order valence-electron chi connectivity index (χ3n) is 4.03. The van der Waals surface area contributed by atoms with E-state index in [1.165, 1.54) is 12.1 Å². The lowest BCUT2D eigenvalue weighted by molar-refractivity contribution is 0.599. The van der Waals surface area contributed by atoms with Crippen molar-refractivity contribution in [1.82, 2.24) is 0 Å². The molecule has 0 atom stereocenters. The van der Waals surface area contributed by atoms with Crippen molar-refractivity contribution in [2.75, 3.05) is 15.7 Å². The molecule has 8 heteroatoms. The molecule has 2 rings (SSSR count). The van der Waals surface area contributed by atoms with Crippen LogP contribution in [0, 0.1) is 27.7 Å². The summed E-state index contributed by atoms with van der Waals surface area (Å²) >= 11 is 0. The van der Waals surface area contributed by atoms with Gasteiger partial charge in [-0.1, -0.05) is 18.2 Å². The van der Waals surface area contributed by atoms with Gasteiger partial charge in [-0.25, -0.2) is 16.8 Å². The van der Waals surface area contributed by atoms with E-state index in [-0.39, 0.29) is 16.3 Å². The van der Waals surface area contributed by atoms with Crippen LogP contribution in [-0.2, 0) is 20.0 Å². The van der Waals surface area contributed by atoms with Crippen molar-refractivity contribution in [3.8, 4) is 0 Å². The minimum atomic E-state index is -3.88. The fourth-order valence-corrected chi connectivity index (χ4v) is 4.92. The molecule has 2 aromatic rings. The third-order valence-corrected chi connectivity index (χ3v) is 6.26. The van der Waals surface area contributed by atoms with Crippen LogP contribution >= 0.6 is 0 Å². The SMILES string of the molecule is Cc1cc(C)c(C)c(S(=O)(=O)Nc2ccccc2NS(C)(=O)=O)c1C. The molecule has 2 N–H and O–H groups in total. The number of nitrogens with one attached hydrogen (secondary N) is 2. The molecule has 0 aliphatic carbocycles. The quantitative estimate of drug-likeness (QED) is 0.831. The van der Waals surface area contributed by atoms with Gasteiger partial charge in [0.2, 0.25) is 10.0 Å². The van der Waals surface area contributed by atoms with Crippen molar-refractivity contribution >= 4 is 31.4 Å². The smallest absolute Gasteiger partial charge is 0.262 e. The summed E-state index contributed by atoms with van der Waals surface area (Å²) < 4.78 is 53.8. The first-order valence-electron chi connectivity index (χ1n) is 7.59. The van der Waals surface area contributed by atoms with Crippen LogP contribution in [0.3, 0.4) is 0 Å². The van der Waals surface area contributed by atoms with Gasteiger partial charge in [-0.3, -0.25) is 9.44 Å². The van der Waals surface area contributed by atoms with Gasteiger partial charge in [-0.15, -0.1) is 0 Å². The number of para-hydroxylation sites is 2. The normalized spacial score (nSPS) is 12.0. The van der Waals surface area contributed by atoms with Crippen LogP contribution < -0.4 is 9.44 Å². The van der Waals surface area contributed by atoms with Crippen molar-refractivity contribution in [2.45, 2.75) is 32.6 Å². The van der Waals surface area contributed by atoms with E-state index in [2.05, 4.69) is 9.44 Å². The standard InChI is InChI=1S/C17H22N2O4S2/c1-11-10-12(2)14(4)17(13(11)3)25(22,23)19-16-9-7-6-8-15(16)18-24(5,20)21/h6-10,18-19H,1-5H3. The lowest BCUT2D eigenvalue weighted by Crippen LogP contribution is -2.19. The summed E-state index contributed by atoms with van der Waals surface area (Å²) in [6, 6.07) is 8.21. The molecule has 0 spiro atoms. The summed E-state index contributed by atoms with van der Waals surface area (Å²) in [7, 11) is -7.42. The Morgan fingerprint density at radius 3 is 1.64 bits per heavy atom. The van der Waals surface area contributed by atoms with Crippen LogP contribution in [0.15, 0.2) is 35.2 Å². The molecule has 0 aliphatic heterocycles. The predicted molar refractivity (Wildman–Crippen MR) is 101 cm³/mol. The van der Waals surface area contributed by atoms with Gasteiger partial charge in [0.25, 0.3) is 10.0 Å². The van der Waals surface area contributed by atoms with Crippen LogP contribution in [0.1, 0.15) is 22.3 Å². The van der Waals surface area contributed by atoms with E-state index in [9.17, 15) is 16.8 Å². The van der Waals surface area contributed by atoms with Gasteiger partial charge in [0, 0.05) is 0 Å². The van der Waals surface area contributed by atoms with Crippen molar-refractivity contribution in [3.05, 3.63) is 52.6 Å². The molecule has 0 bridgehead atoms. The molecule has 136 valence electrons. The fourth-order valence-electron chi connectivity index (χ4n) is 2.64. The maximum absolute atomic E-state index is 13.0. The fraction of sp³-hybridized carbons (Fsp3) is 0.294. The molecule has 0 amide bonds. The Balaban J connectivity index is 2.56. The maximum Gasteiger partial charge on any atom is 0.262 e. The molecule has 2 aromatic carbocycles. The number of sulfonamides is 2. The Kier molecular flexibility index (Phi) is 5.15. The Morgan fingerprint density at radius 2 is 1.20 bits per heavy atom. The van der Waals surface area contributed by atoms with Gasteiger partial charge in [0.15, 0.2) is 0 Å². The van der Waals surface area contributed by atoms with E-state index in [0.717, 1.165) is 17.4 Å². The highest BCUT2D eigenvalue weighted by Crippen LogP contribution is 2.30. The van der Waals surface area contributed by atoms with Crippen LogP contribution in [-0.4, -0.2) is 23.1 Å². The van der Waals surface area contributed by atoms with E-state index in [1.54, 1.807) is 26.0 Å². The molecule has 0 fully saturated rings. The first-order chi connectivity index (χ1) is 11.4. The molecule has 0 radical (unpaired) electrons. The Morgan fingerprint density at radius 1 is 0.760 bits per heavy atom. The molecule has 25 heavy (non-hydrogen) atoms. The van der Waals surface area contributed by atoms with Gasteiger partial charge in [0.1, 0.15) is 0 Å². The number of hydrogen-bond donors (Lipinski definition) is 2. The Hall–Kier alpha value is -2.06. The van der Waals surface area contributed by atoms with Gasteiger partial charge in [-0.2, -0.15) is 0 Å². The Bertz CT molecular complexity index is 1000. The molecule has 0 saturated heterocycles. The highest BCUT2D eigenvalue weighted by atomic mass is 32.2. The van der Waals surface area contributed by atoms with Crippen molar-refractivity contribution in [2.24, 2.45) is 0 Å². The lowest BCUT2D eigenvalue weighted by Gasteiger charge is -2.18. The molecule has 0 heterocycles. The first kappa shape index (κ1) is 19.3. The minimum Gasteiger partial charge on any atom is -0.282 e. The van der Waals surface area contributed by atoms with E-state index >= 15 is 0 Å². The molecule has 0 unspecified atom stereocenters. The summed E-state index contributed by atoms with van der Waals surface area (Å²) in [6.45, 7) is 7.24. The predicted octanol–water partition coefficient (Wildman–Crippen LogP) is 3.09.